The molecular formula is C13H28O2Si. The van der Waals surface area contributed by atoms with E-state index in [2.05, 4.69) is 40.8 Å². The molecule has 0 radical (unpaired) electrons. The van der Waals surface area contributed by atoms with E-state index in [9.17, 15) is 4.79 Å². The molecule has 0 heterocycles. The molecule has 0 aliphatic rings. The van der Waals surface area contributed by atoms with Crippen molar-refractivity contribution in [2.45, 2.75) is 78.1 Å². The lowest BCUT2D eigenvalue weighted by atomic mass is 10.1. The summed E-state index contributed by atoms with van der Waals surface area (Å²) in [6.07, 6.45) is 2.28. The van der Waals surface area contributed by atoms with Gasteiger partial charge in [0.15, 0.2) is 14.1 Å². The summed E-state index contributed by atoms with van der Waals surface area (Å²) >= 11 is 0. The second-order valence-corrected chi connectivity index (χ2v) is 10.7. The standard InChI is InChI=1S/C13H28O2Si/c1-8-10-12(11(14)9-2)15-16(6,7)13(3,4)5/h12H,8-10H2,1-7H3/t12-/m1/s1. The zero-order valence-corrected chi connectivity index (χ0v) is 13.0. The van der Waals surface area contributed by atoms with Gasteiger partial charge in [-0.15, -0.1) is 0 Å². The van der Waals surface area contributed by atoms with Gasteiger partial charge in [-0.1, -0.05) is 41.0 Å². The van der Waals surface area contributed by atoms with Crippen LogP contribution in [0.3, 0.4) is 0 Å². The molecule has 1 atom stereocenters. The van der Waals surface area contributed by atoms with Crippen LogP contribution < -0.4 is 0 Å². The summed E-state index contributed by atoms with van der Waals surface area (Å²) in [5, 5.41) is 0.174. The van der Waals surface area contributed by atoms with Crippen molar-refractivity contribution in [2.75, 3.05) is 0 Å². The first-order chi connectivity index (χ1) is 7.15. The Bertz CT molecular complexity index is 229. The van der Waals surface area contributed by atoms with Gasteiger partial charge in [0.1, 0.15) is 6.10 Å². The van der Waals surface area contributed by atoms with E-state index in [4.69, 9.17) is 4.43 Å². The highest BCUT2D eigenvalue weighted by atomic mass is 28.4. The molecule has 0 fully saturated rings. The molecule has 0 bridgehead atoms. The molecule has 16 heavy (non-hydrogen) atoms. The van der Waals surface area contributed by atoms with Crippen LogP contribution in [0.1, 0.15) is 53.9 Å². The van der Waals surface area contributed by atoms with Crippen molar-refractivity contribution in [3.63, 3.8) is 0 Å². The van der Waals surface area contributed by atoms with Gasteiger partial charge in [-0.25, -0.2) is 0 Å². The minimum absolute atomic E-state index is 0.170. The number of carbonyl (C=O) groups is 1. The summed E-state index contributed by atoms with van der Waals surface area (Å²) < 4.78 is 6.18. The summed E-state index contributed by atoms with van der Waals surface area (Å²) in [6.45, 7) is 15.1. The van der Waals surface area contributed by atoms with Crippen LogP contribution in [0.15, 0.2) is 0 Å². The van der Waals surface area contributed by atoms with Crippen molar-refractivity contribution in [1.29, 1.82) is 0 Å². The van der Waals surface area contributed by atoms with Crippen molar-refractivity contribution in [3.8, 4) is 0 Å². The predicted molar refractivity (Wildman–Crippen MR) is 72.3 cm³/mol. The third-order valence-corrected chi connectivity index (χ3v) is 7.99. The molecule has 0 saturated heterocycles. The predicted octanol–water partition coefficient (Wildman–Crippen LogP) is 4.16. The van der Waals surface area contributed by atoms with E-state index >= 15 is 0 Å². The van der Waals surface area contributed by atoms with Gasteiger partial charge in [0.2, 0.25) is 0 Å². The average molecular weight is 244 g/mol. The van der Waals surface area contributed by atoms with Crippen molar-refractivity contribution in [2.24, 2.45) is 0 Å². The first-order valence-corrected chi connectivity index (χ1v) is 9.27. The SMILES string of the molecule is CCC[C@@H](O[Si](C)(C)C(C)(C)C)C(=O)CC. The Labute approximate surface area is 102 Å². The van der Waals surface area contributed by atoms with Gasteiger partial charge in [-0.2, -0.15) is 0 Å². The van der Waals surface area contributed by atoms with Crippen LogP contribution in [0.25, 0.3) is 0 Å². The van der Waals surface area contributed by atoms with Crippen LogP contribution >= 0.6 is 0 Å². The minimum atomic E-state index is -1.81. The highest BCUT2D eigenvalue weighted by Crippen LogP contribution is 2.37. The number of rotatable bonds is 6. The Morgan fingerprint density at radius 3 is 2.06 bits per heavy atom. The summed E-state index contributed by atoms with van der Waals surface area (Å²) in [5.41, 5.74) is 0. The van der Waals surface area contributed by atoms with Crippen LogP contribution in [0.2, 0.25) is 18.1 Å². The molecule has 0 aromatic carbocycles. The van der Waals surface area contributed by atoms with Crippen molar-refractivity contribution >= 4 is 14.1 Å². The van der Waals surface area contributed by atoms with Gasteiger partial charge >= 0.3 is 0 Å². The molecular weight excluding hydrogens is 216 g/mol. The number of ketones is 1. The Morgan fingerprint density at radius 2 is 1.75 bits per heavy atom. The van der Waals surface area contributed by atoms with Gasteiger partial charge in [0, 0.05) is 6.42 Å². The molecule has 0 aromatic heterocycles. The van der Waals surface area contributed by atoms with Crippen LogP contribution in [0, 0.1) is 0 Å². The number of Topliss-reactive ketones (excluding diaryl/α,β-unsaturated/α-hetero) is 1. The van der Waals surface area contributed by atoms with E-state index in [1.165, 1.54) is 0 Å². The van der Waals surface area contributed by atoms with E-state index in [-0.39, 0.29) is 16.9 Å². The molecule has 0 aliphatic carbocycles. The quantitative estimate of drug-likeness (QED) is 0.656. The monoisotopic (exact) mass is 244 g/mol. The first-order valence-electron chi connectivity index (χ1n) is 6.36. The molecule has 0 N–H and O–H groups in total. The Balaban J connectivity index is 4.68. The number of carbonyl (C=O) groups excluding carboxylic acids is 1. The summed E-state index contributed by atoms with van der Waals surface area (Å²) in [7, 11) is -1.81. The summed E-state index contributed by atoms with van der Waals surface area (Å²) in [6, 6.07) is 0. The van der Waals surface area contributed by atoms with Crippen molar-refractivity contribution < 1.29 is 9.22 Å². The first kappa shape index (κ1) is 15.8. The molecule has 0 aliphatic heterocycles. The smallest absolute Gasteiger partial charge is 0.193 e. The van der Waals surface area contributed by atoms with Crippen molar-refractivity contribution in [3.05, 3.63) is 0 Å². The van der Waals surface area contributed by atoms with Gasteiger partial charge in [-0.05, 0) is 24.6 Å². The largest absolute Gasteiger partial charge is 0.407 e. The molecule has 3 heteroatoms. The van der Waals surface area contributed by atoms with Gasteiger partial charge in [-0.3, -0.25) is 4.79 Å². The maximum Gasteiger partial charge on any atom is 0.193 e. The molecule has 0 aromatic rings. The maximum atomic E-state index is 11.8. The molecule has 0 spiro atoms. The lowest BCUT2D eigenvalue weighted by Gasteiger charge is -2.38. The van der Waals surface area contributed by atoms with Crippen molar-refractivity contribution in [1.82, 2.24) is 0 Å². The summed E-state index contributed by atoms with van der Waals surface area (Å²) in [5.74, 6) is 0.256. The zero-order valence-electron chi connectivity index (χ0n) is 12.0. The van der Waals surface area contributed by atoms with Gasteiger partial charge in [0.05, 0.1) is 0 Å². The Hall–Kier alpha value is -0.153. The van der Waals surface area contributed by atoms with Crippen LogP contribution in [0.5, 0.6) is 0 Å². The molecule has 96 valence electrons. The molecule has 0 rings (SSSR count). The van der Waals surface area contributed by atoms with Crippen LogP contribution in [0.4, 0.5) is 0 Å². The van der Waals surface area contributed by atoms with Crippen LogP contribution in [-0.4, -0.2) is 20.2 Å². The van der Waals surface area contributed by atoms with E-state index in [0.717, 1.165) is 12.8 Å². The average Bonchev–Trinajstić information content (AvgIpc) is 2.14. The van der Waals surface area contributed by atoms with Gasteiger partial charge < -0.3 is 4.43 Å². The highest BCUT2D eigenvalue weighted by molar-refractivity contribution is 6.74. The minimum Gasteiger partial charge on any atom is -0.407 e. The summed E-state index contributed by atoms with van der Waals surface area (Å²) in [4.78, 5) is 11.8. The van der Waals surface area contributed by atoms with E-state index in [1.807, 2.05) is 6.92 Å². The second kappa shape index (κ2) is 5.96. The normalized spacial score (nSPS) is 14.9. The van der Waals surface area contributed by atoms with Crippen LogP contribution in [-0.2, 0) is 9.22 Å². The highest BCUT2D eigenvalue weighted by Gasteiger charge is 2.40. The fraction of sp³-hybridized carbons (Fsp3) is 0.923. The number of hydrogen-bond donors (Lipinski definition) is 0. The Kier molecular flexibility index (Phi) is 5.91. The third-order valence-electron chi connectivity index (χ3n) is 3.50. The van der Waals surface area contributed by atoms with E-state index in [1.54, 1.807) is 0 Å². The maximum absolute atomic E-state index is 11.8. The third kappa shape index (κ3) is 4.38. The van der Waals surface area contributed by atoms with Gasteiger partial charge in [0.25, 0.3) is 0 Å². The fourth-order valence-corrected chi connectivity index (χ4v) is 2.62. The fourth-order valence-electron chi connectivity index (χ4n) is 1.31. The number of hydrogen-bond acceptors (Lipinski definition) is 2. The lowest BCUT2D eigenvalue weighted by Crippen LogP contribution is -2.45. The zero-order chi connectivity index (χ0) is 13.0. The Morgan fingerprint density at radius 1 is 1.25 bits per heavy atom. The molecule has 0 saturated carbocycles. The molecule has 2 nitrogen and oxygen atoms in total. The van der Waals surface area contributed by atoms with E-state index in [0.29, 0.717) is 6.42 Å². The van der Waals surface area contributed by atoms with E-state index < -0.39 is 8.32 Å². The molecule has 0 amide bonds. The lowest BCUT2D eigenvalue weighted by molar-refractivity contribution is -0.126. The molecule has 0 unspecified atom stereocenters. The second-order valence-electron chi connectivity index (χ2n) is 5.98. The topological polar surface area (TPSA) is 26.3 Å².